The van der Waals surface area contributed by atoms with E-state index in [0.29, 0.717) is 36.6 Å². The zero-order chi connectivity index (χ0) is 34.0. The van der Waals surface area contributed by atoms with Gasteiger partial charge in [0.25, 0.3) is 5.91 Å². The lowest BCUT2D eigenvalue weighted by molar-refractivity contribution is -0.145. The van der Waals surface area contributed by atoms with Crippen LogP contribution < -0.4 is 4.90 Å². The first-order chi connectivity index (χ1) is 23.2. The lowest BCUT2D eigenvalue weighted by Crippen LogP contribution is -2.58. The van der Waals surface area contributed by atoms with Gasteiger partial charge in [-0.05, 0) is 36.1 Å². The number of aliphatic hydroxyl groups is 1. The summed E-state index contributed by atoms with van der Waals surface area (Å²) in [5, 5.41) is 11.1. The third kappa shape index (κ3) is 6.15. The predicted molar refractivity (Wildman–Crippen MR) is 196 cm³/mol. The summed E-state index contributed by atoms with van der Waals surface area (Å²) in [5.74, 6) is -2.14. The fourth-order valence-corrected chi connectivity index (χ4v) is 11.6. The average Bonchev–Trinajstić information content (AvgIpc) is 3.70. The molecule has 10 heteroatoms. The van der Waals surface area contributed by atoms with E-state index >= 15 is 4.79 Å². The van der Waals surface area contributed by atoms with Crippen LogP contribution in [-0.2, 0) is 27.3 Å². The van der Waals surface area contributed by atoms with Gasteiger partial charge in [0.15, 0.2) is 0 Å². The SMILES string of the molecule is C=CCN(Cc1ccccc1)C(=O)[C@H]1[C@@H]2SC3(CC2Br)C(C(=O)N(CC=C)c2ccccc2Cl)N([C@@H](CO)Cc2ccccc2)C(=O)[C@H]13. The number of fused-ring (bicyclic) bond motifs is 1. The highest BCUT2D eigenvalue weighted by atomic mass is 79.9. The molecule has 0 radical (unpaired) electrons. The second-order valence-electron chi connectivity index (χ2n) is 12.6. The maximum absolute atomic E-state index is 15.1. The summed E-state index contributed by atoms with van der Waals surface area (Å²) >= 11 is 12.1. The third-order valence-corrected chi connectivity index (χ3v) is 13.3. The van der Waals surface area contributed by atoms with Crippen LogP contribution in [0.3, 0.4) is 0 Å². The molecule has 1 N–H and O–H groups in total. The molecule has 3 aromatic rings. The van der Waals surface area contributed by atoms with E-state index in [0.717, 1.165) is 11.1 Å². The Bertz CT molecular complexity index is 1680. The Morgan fingerprint density at radius 3 is 2.23 bits per heavy atom. The number of anilines is 1. The minimum Gasteiger partial charge on any atom is -0.394 e. The summed E-state index contributed by atoms with van der Waals surface area (Å²) in [6.45, 7) is 8.34. The standard InChI is InChI=1S/C38H39BrClN3O4S/c1-3-19-41(23-26-15-9-6-10-16-26)35(45)31-32-36(46)43(27(24-44)21-25-13-7-5-8-14-25)34(38(32)22-28(39)33(31)48-38)37(47)42(20-4-2)30-18-12-11-17-29(30)40/h3-18,27-28,31-34,44H,1-2,19-24H2/t27-,28?,31-,32+,33-,34?,38?/m1/s1. The maximum Gasteiger partial charge on any atom is 0.251 e. The van der Waals surface area contributed by atoms with Crippen LogP contribution >= 0.6 is 39.3 Å². The third-order valence-electron chi connectivity index (χ3n) is 9.76. The van der Waals surface area contributed by atoms with Gasteiger partial charge in [-0.25, -0.2) is 0 Å². The first-order valence-electron chi connectivity index (χ1n) is 16.1. The number of hydrogen-bond acceptors (Lipinski definition) is 5. The fourth-order valence-electron chi connectivity index (χ4n) is 7.82. The van der Waals surface area contributed by atoms with Gasteiger partial charge >= 0.3 is 0 Å². The smallest absolute Gasteiger partial charge is 0.251 e. The number of carbonyl (C=O) groups is 3. The van der Waals surface area contributed by atoms with E-state index in [4.69, 9.17) is 11.6 Å². The monoisotopic (exact) mass is 747 g/mol. The molecular formula is C38H39BrClN3O4S. The molecule has 3 amide bonds. The number of benzene rings is 3. The van der Waals surface area contributed by atoms with E-state index in [1.165, 1.54) is 0 Å². The summed E-state index contributed by atoms with van der Waals surface area (Å²) in [6.07, 6.45) is 4.21. The lowest BCUT2D eigenvalue weighted by atomic mass is 9.70. The molecule has 48 heavy (non-hydrogen) atoms. The van der Waals surface area contributed by atoms with Gasteiger partial charge in [0.2, 0.25) is 11.8 Å². The molecule has 2 bridgehead atoms. The zero-order valence-electron chi connectivity index (χ0n) is 26.5. The zero-order valence-corrected chi connectivity index (χ0v) is 29.7. The van der Waals surface area contributed by atoms with Gasteiger partial charge in [-0.1, -0.05) is 112 Å². The van der Waals surface area contributed by atoms with Crippen LogP contribution in [-0.4, -0.2) is 79.2 Å². The Hall–Kier alpha value is -3.37. The first-order valence-corrected chi connectivity index (χ1v) is 18.3. The van der Waals surface area contributed by atoms with Crippen molar-refractivity contribution in [1.82, 2.24) is 9.80 Å². The minimum atomic E-state index is -0.957. The highest BCUT2D eigenvalue weighted by Crippen LogP contribution is 2.68. The van der Waals surface area contributed by atoms with Crippen molar-refractivity contribution in [2.24, 2.45) is 11.8 Å². The summed E-state index contributed by atoms with van der Waals surface area (Å²) in [5.41, 5.74) is 2.42. The number of thioether (sulfide) groups is 1. The summed E-state index contributed by atoms with van der Waals surface area (Å²) < 4.78 is -0.912. The highest BCUT2D eigenvalue weighted by Gasteiger charge is 2.76. The predicted octanol–water partition coefficient (Wildman–Crippen LogP) is 6.14. The second kappa shape index (κ2) is 14.6. The van der Waals surface area contributed by atoms with Gasteiger partial charge in [0.05, 0.1) is 39.9 Å². The normalized spacial score (nSPS) is 26.2. The number of rotatable bonds is 13. The molecule has 3 aliphatic heterocycles. The highest BCUT2D eigenvalue weighted by molar-refractivity contribution is 9.09. The number of alkyl halides is 1. The molecule has 3 unspecified atom stereocenters. The number of amides is 3. The molecular weight excluding hydrogens is 710 g/mol. The number of para-hydroxylation sites is 1. The largest absolute Gasteiger partial charge is 0.394 e. The Balaban J connectivity index is 1.45. The van der Waals surface area contributed by atoms with E-state index in [2.05, 4.69) is 29.1 Å². The van der Waals surface area contributed by atoms with Gasteiger partial charge in [-0.2, -0.15) is 0 Å². The molecule has 3 fully saturated rings. The number of aliphatic hydroxyl groups excluding tert-OH is 1. The summed E-state index contributed by atoms with van der Waals surface area (Å²) in [4.78, 5) is 49.6. The van der Waals surface area contributed by atoms with Crippen LogP contribution in [0.1, 0.15) is 17.5 Å². The number of carbonyl (C=O) groups excluding carboxylic acids is 3. The molecule has 6 rings (SSSR count). The number of likely N-dealkylation sites (tertiary alicyclic amines) is 1. The van der Waals surface area contributed by atoms with Crippen LogP contribution in [0.15, 0.2) is 110 Å². The molecule has 0 aliphatic carbocycles. The van der Waals surface area contributed by atoms with Crippen molar-refractivity contribution in [2.45, 2.75) is 46.3 Å². The molecule has 3 saturated heterocycles. The van der Waals surface area contributed by atoms with Gasteiger partial charge in [0, 0.05) is 29.7 Å². The summed E-state index contributed by atoms with van der Waals surface area (Å²) in [6, 6.07) is 24.9. The first kappa shape index (κ1) is 34.5. The van der Waals surface area contributed by atoms with Gasteiger partial charge in [-0.15, -0.1) is 24.9 Å². The molecule has 0 aromatic heterocycles. The van der Waals surface area contributed by atoms with E-state index in [1.54, 1.807) is 56.8 Å². The van der Waals surface area contributed by atoms with Crippen molar-refractivity contribution in [1.29, 1.82) is 0 Å². The number of halogens is 2. The van der Waals surface area contributed by atoms with Crippen LogP contribution in [0.2, 0.25) is 5.02 Å². The molecule has 1 spiro atoms. The molecule has 7 nitrogen and oxygen atoms in total. The van der Waals surface area contributed by atoms with Crippen LogP contribution in [0.5, 0.6) is 0 Å². The molecule has 7 atom stereocenters. The van der Waals surface area contributed by atoms with Crippen molar-refractivity contribution < 1.29 is 19.5 Å². The molecule has 0 saturated carbocycles. The number of hydrogen-bond donors (Lipinski definition) is 1. The minimum absolute atomic E-state index is 0.104. The van der Waals surface area contributed by atoms with E-state index < -0.39 is 28.7 Å². The second-order valence-corrected chi connectivity index (χ2v) is 15.7. The van der Waals surface area contributed by atoms with Crippen LogP contribution in [0, 0.1) is 11.8 Å². The van der Waals surface area contributed by atoms with E-state index in [1.807, 2.05) is 66.7 Å². The van der Waals surface area contributed by atoms with Crippen molar-refractivity contribution in [3.05, 3.63) is 126 Å². The Morgan fingerprint density at radius 2 is 1.60 bits per heavy atom. The molecule has 3 aromatic carbocycles. The molecule has 3 heterocycles. The summed E-state index contributed by atoms with van der Waals surface area (Å²) in [7, 11) is 0. The van der Waals surface area contributed by atoms with Crippen molar-refractivity contribution in [2.75, 3.05) is 24.6 Å². The van der Waals surface area contributed by atoms with Gasteiger partial charge in [-0.3, -0.25) is 14.4 Å². The fraction of sp³-hybridized carbons (Fsp3) is 0.342. The van der Waals surface area contributed by atoms with Crippen LogP contribution in [0.4, 0.5) is 5.69 Å². The van der Waals surface area contributed by atoms with Crippen molar-refractivity contribution >= 4 is 62.7 Å². The van der Waals surface area contributed by atoms with Crippen molar-refractivity contribution in [3.8, 4) is 0 Å². The van der Waals surface area contributed by atoms with E-state index in [9.17, 15) is 14.7 Å². The topological polar surface area (TPSA) is 81.2 Å². The lowest BCUT2D eigenvalue weighted by Gasteiger charge is -2.40. The van der Waals surface area contributed by atoms with Gasteiger partial charge in [0.1, 0.15) is 6.04 Å². The van der Waals surface area contributed by atoms with Crippen molar-refractivity contribution in [3.63, 3.8) is 0 Å². The number of nitrogens with zero attached hydrogens (tertiary/aromatic N) is 3. The quantitative estimate of drug-likeness (QED) is 0.168. The molecule has 250 valence electrons. The maximum atomic E-state index is 15.1. The Morgan fingerprint density at radius 1 is 0.979 bits per heavy atom. The molecule has 3 aliphatic rings. The van der Waals surface area contributed by atoms with Crippen LogP contribution in [0.25, 0.3) is 0 Å². The Kier molecular flexibility index (Phi) is 10.5. The Labute approximate surface area is 299 Å². The van der Waals surface area contributed by atoms with E-state index in [-0.39, 0.29) is 41.0 Å². The van der Waals surface area contributed by atoms with Gasteiger partial charge < -0.3 is 19.8 Å². The average molecular weight is 749 g/mol.